The quantitative estimate of drug-likeness (QED) is 0.288. The largest absolute Gasteiger partial charge is 0.481 e. The van der Waals surface area contributed by atoms with Crippen molar-refractivity contribution in [3.63, 3.8) is 0 Å². The van der Waals surface area contributed by atoms with Gasteiger partial charge in [-0.05, 0) is 80.8 Å². The summed E-state index contributed by atoms with van der Waals surface area (Å²) in [6, 6.07) is 16.3. The summed E-state index contributed by atoms with van der Waals surface area (Å²) >= 11 is 0. The molecule has 3 aliphatic rings. The number of methoxy groups -OCH3 is 1. The number of piperidine rings is 1. The van der Waals surface area contributed by atoms with Gasteiger partial charge >= 0.3 is 0 Å². The second-order valence-electron chi connectivity index (χ2n) is 12.0. The molecule has 4 aromatic heterocycles. The lowest BCUT2D eigenvalue weighted by molar-refractivity contribution is 0.0700. The molecule has 8 nitrogen and oxygen atoms in total. The zero-order valence-electron chi connectivity index (χ0n) is 23.3. The van der Waals surface area contributed by atoms with Gasteiger partial charge in [-0.15, -0.1) is 0 Å². The number of nitrogens with two attached hydrogens (primary N) is 1. The Kier molecular flexibility index (Phi) is 5.51. The van der Waals surface area contributed by atoms with Crippen LogP contribution in [0.3, 0.4) is 0 Å². The maximum Gasteiger partial charge on any atom is 0.254 e. The van der Waals surface area contributed by atoms with E-state index in [9.17, 15) is 4.79 Å². The maximum atomic E-state index is 13.5. The van der Waals surface area contributed by atoms with Crippen LogP contribution in [0.25, 0.3) is 44.7 Å². The highest BCUT2D eigenvalue weighted by molar-refractivity contribution is 6.00. The third kappa shape index (κ3) is 3.95. The second kappa shape index (κ2) is 9.17. The molecule has 2 aliphatic carbocycles. The molecule has 2 bridgehead atoms. The van der Waals surface area contributed by atoms with Crippen molar-refractivity contribution < 1.29 is 13.9 Å². The Morgan fingerprint density at radius 1 is 1.10 bits per heavy atom. The summed E-state index contributed by atoms with van der Waals surface area (Å²) in [5, 5.41) is 2.10. The minimum Gasteiger partial charge on any atom is -0.481 e. The minimum atomic E-state index is 0.0532. The summed E-state index contributed by atoms with van der Waals surface area (Å²) in [4.78, 5) is 24.8. The summed E-state index contributed by atoms with van der Waals surface area (Å²) in [5.41, 5.74) is 12.6. The SMILES string of the molecule is COc1cc(-c2ccc3cc(-c4oc5cc(C(=O)N6CC7CCC6[C@@H]7N)ccc5c4C)n(CC4CC4)c3n2)ccn1. The topological polar surface area (TPSA) is 99.4 Å². The van der Waals surface area contributed by atoms with Crippen molar-refractivity contribution in [2.75, 3.05) is 13.7 Å². The van der Waals surface area contributed by atoms with E-state index in [1.54, 1.807) is 13.3 Å². The van der Waals surface area contributed by atoms with Crippen LogP contribution in [0, 0.1) is 18.8 Å². The number of rotatable bonds is 6. The van der Waals surface area contributed by atoms with Gasteiger partial charge in [0.05, 0.1) is 18.5 Å². The van der Waals surface area contributed by atoms with E-state index in [1.807, 2.05) is 41.3 Å². The average molecular weight is 548 g/mol. The van der Waals surface area contributed by atoms with Gasteiger partial charge in [-0.1, -0.05) is 6.07 Å². The van der Waals surface area contributed by atoms with Crippen LogP contribution in [0.2, 0.25) is 0 Å². The number of ether oxygens (including phenoxy) is 1. The van der Waals surface area contributed by atoms with Crippen LogP contribution in [0.15, 0.2) is 59.1 Å². The molecule has 8 rings (SSSR count). The molecule has 208 valence electrons. The van der Waals surface area contributed by atoms with Crippen molar-refractivity contribution in [1.29, 1.82) is 0 Å². The smallest absolute Gasteiger partial charge is 0.254 e. The van der Waals surface area contributed by atoms with E-state index in [1.165, 1.54) is 12.8 Å². The Balaban J connectivity index is 1.20. The standard InChI is InChI=1S/C33H33N5O3/c1-18-24-8-5-22(33(39)38-17-23-7-10-26(38)30(23)34)14-28(24)41-31(18)27-13-21-6-9-25(20-11-12-35-29(15-20)40-2)36-32(21)37(27)16-19-3-4-19/h5-6,8-9,11-15,19,23,26,30H,3-4,7,10,16-17,34H2,1-2H3/t23?,26?,30-/m1/s1. The van der Waals surface area contributed by atoms with Gasteiger partial charge < -0.3 is 24.4 Å². The zero-order chi connectivity index (χ0) is 27.8. The molecule has 5 heterocycles. The number of aromatic nitrogens is 3. The third-order valence-electron chi connectivity index (χ3n) is 9.45. The number of carbonyl (C=O) groups excluding carboxylic acids is 1. The highest BCUT2D eigenvalue weighted by atomic mass is 16.5. The van der Waals surface area contributed by atoms with Crippen molar-refractivity contribution in [2.24, 2.45) is 17.6 Å². The van der Waals surface area contributed by atoms with Gasteiger partial charge in [0.25, 0.3) is 5.91 Å². The van der Waals surface area contributed by atoms with Gasteiger partial charge in [0.2, 0.25) is 5.88 Å². The predicted molar refractivity (Wildman–Crippen MR) is 158 cm³/mol. The first-order valence-electron chi connectivity index (χ1n) is 14.6. The lowest BCUT2D eigenvalue weighted by atomic mass is 10.1. The first-order valence-corrected chi connectivity index (χ1v) is 14.6. The molecule has 0 spiro atoms. The number of likely N-dealkylation sites (tertiary alicyclic amines) is 1. The summed E-state index contributed by atoms with van der Waals surface area (Å²) < 4.78 is 14.2. The molecule has 41 heavy (non-hydrogen) atoms. The van der Waals surface area contributed by atoms with Crippen LogP contribution >= 0.6 is 0 Å². The fourth-order valence-corrected chi connectivity index (χ4v) is 6.95. The lowest BCUT2D eigenvalue weighted by Gasteiger charge is -2.27. The van der Waals surface area contributed by atoms with Gasteiger partial charge in [-0.3, -0.25) is 4.79 Å². The first kappa shape index (κ1) is 24.6. The maximum absolute atomic E-state index is 13.5. The Labute approximate surface area is 238 Å². The number of fused-ring (bicyclic) bond motifs is 4. The Morgan fingerprint density at radius 2 is 1.98 bits per heavy atom. The van der Waals surface area contributed by atoms with Crippen molar-refractivity contribution in [1.82, 2.24) is 19.4 Å². The monoisotopic (exact) mass is 547 g/mol. The Hall–Kier alpha value is -4.17. The highest BCUT2D eigenvalue weighted by Gasteiger charge is 2.46. The fraction of sp³-hybridized carbons (Fsp3) is 0.364. The average Bonchev–Trinajstić information content (AvgIpc) is 3.41. The van der Waals surface area contributed by atoms with Crippen molar-refractivity contribution in [3.05, 3.63) is 65.9 Å². The van der Waals surface area contributed by atoms with Crippen molar-refractivity contribution in [3.8, 4) is 28.6 Å². The summed E-state index contributed by atoms with van der Waals surface area (Å²) in [7, 11) is 1.62. The van der Waals surface area contributed by atoms with Gasteiger partial charge in [-0.2, -0.15) is 0 Å². The Bertz CT molecular complexity index is 1830. The normalized spacial score (nSPS) is 21.8. The Morgan fingerprint density at radius 3 is 2.73 bits per heavy atom. The van der Waals surface area contributed by atoms with E-state index < -0.39 is 0 Å². The molecule has 1 amide bonds. The number of amides is 1. The van der Waals surface area contributed by atoms with Crippen molar-refractivity contribution >= 4 is 27.9 Å². The second-order valence-corrected chi connectivity index (χ2v) is 12.0. The molecule has 5 aromatic rings. The van der Waals surface area contributed by atoms with Crippen LogP contribution in [0.4, 0.5) is 0 Å². The molecule has 0 radical (unpaired) electrons. The number of hydrogen-bond acceptors (Lipinski definition) is 6. The predicted octanol–water partition coefficient (Wildman–Crippen LogP) is 5.80. The van der Waals surface area contributed by atoms with E-state index in [2.05, 4.69) is 28.6 Å². The minimum absolute atomic E-state index is 0.0532. The molecule has 1 aliphatic heterocycles. The van der Waals surface area contributed by atoms with Crippen molar-refractivity contribution in [2.45, 2.75) is 51.2 Å². The third-order valence-corrected chi connectivity index (χ3v) is 9.45. The number of hydrogen-bond donors (Lipinski definition) is 1. The summed E-state index contributed by atoms with van der Waals surface area (Å²) in [6.07, 6.45) is 6.32. The molecular formula is C33H33N5O3. The number of aryl methyl sites for hydroxylation is 1. The number of furan rings is 1. The molecule has 1 aromatic carbocycles. The van der Waals surface area contributed by atoms with Gasteiger partial charge in [0, 0.05) is 64.9 Å². The molecule has 3 fully saturated rings. The van der Waals surface area contributed by atoms with Crippen LogP contribution in [0.5, 0.6) is 5.88 Å². The highest BCUT2D eigenvalue weighted by Crippen LogP contribution is 2.41. The number of nitrogens with zero attached hydrogens (tertiary/aromatic N) is 4. The molecule has 8 heteroatoms. The first-order chi connectivity index (χ1) is 20.0. The lowest BCUT2D eigenvalue weighted by Crippen LogP contribution is -2.41. The zero-order valence-corrected chi connectivity index (χ0v) is 23.3. The van der Waals surface area contributed by atoms with E-state index in [-0.39, 0.29) is 18.0 Å². The van der Waals surface area contributed by atoms with Crippen LogP contribution in [-0.2, 0) is 6.54 Å². The van der Waals surface area contributed by atoms with E-state index in [0.29, 0.717) is 23.3 Å². The molecule has 3 atom stereocenters. The fourth-order valence-electron chi connectivity index (χ4n) is 6.95. The van der Waals surface area contributed by atoms with Gasteiger partial charge in [-0.25, -0.2) is 9.97 Å². The number of pyridine rings is 2. The molecule has 2 N–H and O–H groups in total. The van der Waals surface area contributed by atoms with Crippen LogP contribution in [-0.4, -0.2) is 51.1 Å². The molecule has 1 saturated heterocycles. The van der Waals surface area contributed by atoms with E-state index in [4.69, 9.17) is 19.9 Å². The van der Waals surface area contributed by atoms with E-state index in [0.717, 1.165) is 76.2 Å². The number of carbonyl (C=O) groups is 1. The molecule has 2 saturated carbocycles. The van der Waals surface area contributed by atoms with Gasteiger partial charge in [0.1, 0.15) is 11.2 Å². The van der Waals surface area contributed by atoms with Crippen LogP contribution in [0.1, 0.15) is 41.6 Å². The number of benzene rings is 1. The van der Waals surface area contributed by atoms with Gasteiger partial charge in [0.15, 0.2) is 5.76 Å². The van der Waals surface area contributed by atoms with E-state index >= 15 is 0 Å². The van der Waals surface area contributed by atoms with Crippen LogP contribution < -0.4 is 10.5 Å². The molecule has 2 unspecified atom stereocenters. The molecular weight excluding hydrogens is 514 g/mol. The summed E-state index contributed by atoms with van der Waals surface area (Å²) in [5.74, 6) is 2.52. The summed E-state index contributed by atoms with van der Waals surface area (Å²) in [6.45, 7) is 3.75.